The lowest BCUT2D eigenvalue weighted by atomic mass is 10.2. The second-order valence-electron chi connectivity index (χ2n) is 5.15. The molecule has 27 heavy (non-hydrogen) atoms. The number of thiocarbonyl (C=S) groups is 1. The van der Waals surface area contributed by atoms with Crippen molar-refractivity contribution in [1.82, 2.24) is 10.6 Å². The van der Waals surface area contributed by atoms with E-state index >= 15 is 0 Å². The first-order chi connectivity index (χ1) is 12.6. The monoisotopic (exact) mass is 547 g/mol. The van der Waals surface area contributed by atoms with Crippen molar-refractivity contribution in [3.05, 3.63) is 62.5 Å². The molecule has 2 aromatic carbocycles. The Labute approximate surface area is 195 Å². The first-order valence-electron chi connectivity index (χ1n) is 7.22. The first kappa shape index (κ1) is 22.8. The number of hydrogen-bond donors (Lipinski definition) is 3. The molecule has 0 bridgehead atoms. The topological polar surface area (TPSA) is 53.2 Å². The lowest BCUT2D eigenvalue weighted by Gasteiger charge is -2.28. The number of amides is 1. The van der Waals surface area contributed by atoms with Crippen LogP contribution in [-0.2, 0) is 0 Å². The average molecular weight is 551 g/mol. The van der Waals surface area contributed by atoms with Crippen molar-refractivity contribution >= 4 is 103 Å². The van der Waals surface area contributed by atoms with Gasteiger partial charge in [-0.05, 0) is 58.5 Å². The second-order valence-corrected chi connectivity index (χ2v) is 9.63. The van der Waals surface area contributed by atoms with Gasteiger partial charge in [-0.2, -0.15) is 0 Å². The van der Waals surface area contributed by atoms with E-state index in [0.717, 1.165) is 0 Å². The molecule has 0 aliphatic heterocycles. The lowest BCUT2D eigenvalue weighted by Crippen LogP contribution is -2.56. The minimum Gasteiger partial charge on any atom is -0.339 e. The van der Waals surface area contributed by atoms with Gasteiger partial charge < -0.3 is 16.0 Å². The van der Waals surface area contributed by atoms with Crippen molar-refractivity contribution in [1.29, 1.82) is 0 Å². The second kappa shape index (κ2) is 9.83. The summed E-state index contributed by atoms with van der Waals surface area (Å²) in [7, 11) is 0. The highest BCUT2D eigenvalue weighted by Gasteiger charge is 2.35. The molecule has 1 unspecified atom stereocenters. The number of carbonyl (C=O) groups is 1. The standard InChI is InChI=1S/C16H11BrCl5N3OS/c17-10-4-2-1-3-9(10)13(26)24-14(16(20,21)22)25-15(27)23-12-7-8(18)5-6-11(12)19/h1-7,14H,(H,24,26)(H2,23,25,27). The van der Waals surface area contributed by atoms with E-state index in [0.29, 0.717) is 25.8 Å². The maximum Gasteiger partial charge on any atom is 0.254 e. The van der Waals surface area contributed by atoms with Gasteiger partial charge in [0.2, 0.25) is 3.79 Å². The summed E-state index contributed by atoms with van der Waals surface area (Å²) in [4.78, 5) is 12.5. The number of alkyl halides is 3. The molecule has 1 amide bonds. The third kappa shape index (κ3) is 6.82. The molecular formula is C16H11BrCl5N3OS. The predicted octanol–water partition coefficient (Wildman–Crippen LogP) is 6.17. The number of halogens is 6. The Morgan fingerprint density at radius 1 is 1.07 bits per heavy atom. The van der Waals surface area contributed by atoms with Gasteiger partial charge in [0, 0.05) is 9.50 Å². The molecule has 4 nitrogen and oxygen atoms in total. The quantitative estimate of drug-likeness (QED) is 0.242. The molecule has 0 aliphatic carbocycles. The number of benzene rings is 2. The molecule has 0 saturated heterocycles. The fourth-order valence-corrected chi connectivity index (χ4v) is 3.29. The summed E-state index contributed by atoms with van der Waals surface area (Å²) in [5, 5.41) is 9.12. The van der Waals surface area contributed by atoms with Gasteiger partial charge in [-0.15, -0.1) is 0 Å². The largest absolute Gasteiger partial charge is 0.339 e. The summed E-state index contributed by atoms with van der Waals surface area (Å²) in [5.74, 6) is -0.463. The summed E-state index contributed by atoms with van der Waals surface area (Å²) in [5.41, 5.74) is 0.831. The van der Waals surface area contributed by atoms with Crippen molar-refractivity contribution in [2.24, 2.45) is 0 Å². The highest BCUT2D eigenvalue weighted by Crippen LogP contribution is 2.30. The molecule has 0 saturated carbocycles. The molecule has 144 valence electrons. The van der Waals surface area contributed by atoms with E-state index in [-0.39, 0.29) is 5.11 Å². The van der Waals surface area contributed by atoms with Crippen molar-refractivity contribution in [3.8, 4) is 0 Å². The molecule has 3 N–H and O–H groups in total. The van der Waals surface area contributed by atoms with Crippen LogP contribution in [0.25, 0.3) is 0 Å². The van der Waals surface area contributed by atoms with Crippen molar-refractivity contribution in [2.45, 2.75) is 9.96 Å². The van der Waals surface area contributed by atoms with E-state index in [2.05, 4.69) is 31.9 Å². The van der Waals surface area contributed by atoms with Gasteiger partial charge in [0.15, 0.2) is 5.11 Å². The minimum atomic E-state index is -1.89. The van der Waals surface area contributed by atoms with Gasteiger partial charge in [0.1, 0.15) is 6.17 Å². The Morgan fingerprint density at radius 2 is 1.74 bits per heavy atom. The number of rotatable bonds is 4. The first-order valence-corrected chi connectivity index (χ1v) is 10.3. The molecule has 0 spiro atoms. The van der Waals surface area contributed by atoms with Crippen LogP contribution in [0.5, 0.6) is 0 Å². The molecule has 2 aromatic rings. The maximum absolute atomic E-state index is 12.5. The molecule has 2 rings (SSSR count). The fraction of sp³-hybridized carbons (Fsp3) is 0.125. The van der Waals surface area contributed by atoms with Crippen LogP contribution in [0.1, 0.15) is 10.4 Å². The fourth-order valence-electron chi connectivity index (χ4n) is 1.94. The predicted molar refractivity (Wildman–Crippen MR) is 122 cm³/mol. The van der Waals surface area contributed by atoms with Gasteiger partial charge >= 0.3 is 0 Å². The average Bonchev–Trinajstić information content (AvgIpc) is 2.57. The van der Waals surface area contributed by atoms with E-state index in [4.69, 9.17) is 70.2 Å². The Balaban J connectivity index is 2.12. The minimum absolute atomic E-state index is 0.0721. The number of nitrogens with one attached hydrogen (secondary N) is 3. The Morgan fingerprint density at radius 3 is 2.37 bits per heavy atom. The SMILES string of the molecule is O=C(NC(NC(=S)Nc1cc(Cl)ccc1Cl)C(Cl)(Cl)Cl)c1ccccc1Br. The molecule has 0 aromatic heterocycles. The van der Waals surface area contributed by atoms with E-state index < -0.39 is 15.9 Å². The molecule has 0 aliphatic rings. The van der Waals surface area contributed by atoms with Crippen molar-refractivity contribution in [3.63, 3.8) is 0 Å². The van der Waals surface area contributed by atoms with Crippen LogP contribution in [0.15, 0.2) is 46.9 Å². The van der Waals surface area contributed by atoms with Crippen molar-refractivity contribution in [2.75, 3.05) is 5.32 Å². The maximum atomic E-state index is 12.5. The van der Waals surface area contributed by atoms with E-state index in [9.17, 15) is 4.79 Å². The summed E-state index contributed by atoms with van der Waals surface area (Å²) in [6.45, 7) is 0. The summed E-state index contributed by atoms with van der Waals surface area (Å²) in [6, 6.07) is 11.7. The third-order valence-electron chi connectivity index (χ3n) is 3.17. The smallest absolute Gasteiger partial charge is 0.254 e. The summed E-state index contributed by atoms with van der Waals surface area (Å²) in [6.07, 6.45) is -1.12. The normalized spacial score (nSPS) is 12.2. The van der Waals surface area contributed by atoms with Crippen LogP contribution in [0.4, 0.5) is 5.69 Å². The van der Waals surface area contributed by atoms with Crippen LogP contribution in [0.2, 0.25) is 10.0 Å². The van der Waals surface area contributed by atoms with E-state index in [1.165, 1.54) is 0 Å². The van der Waals surface area contributed by atoms with Crippen LogP contribution in [0.3, 0.4) is 0 Å². The highest BCUT2D eigenvalue weighted by molar-refractivity contribution is 9.10. The van der Waals surface area contributed by atoms with Crippen LogP contribution in [-0.4, -0.2) is 21.0 Å². The Hall–Kier alpha value is -0.470. The van der Waals surface area contributed by atoms with Crippen molar-refractivity contribution < 1.29 is 4.79 Å². The zero-order chi connectivity index (χ0) is 20.2. The van der Waals surface area contributed by atoms with Gasteiger partial charge in [0.25, 0.3) is 5.91 Å². The zero-order valence-corrected chi connectivity index (χ0v) is 19.4. The molecule has 0 radical (unpaired) electrons. The van der Waals surface area contributed by atoms with Crippen LogP contribution in [0, 0.1) is 0 Å². The lowest BCUT2D eigenvalue weighted by molar-refractivity contribution is 0.0934. The van der Waals surface area contributed by atoms with Gasteiger partial charge in [-0.1, -0.05) is 70.1 Å². The Bertz CT molecular complexity index is 862. The molecule has 1 atom stereocenters. The van der Waals surface area contributed by atoms with E-state index in [1.54, 1.807) is 42.5 Å². The van der Waals surface area contributed by atoms with E-state index in [1.807, 2.05) is 0 Å². The summed E-state index contributed by atoms with van der Waals surface area (Å²) >= 11 is 38.5. The molecular weight excluding hydrogens is 539 g/mol. The van der Waals surface area contributed by atoms with Gasteiger partial charge in [-0.3, -0.25) is 4.79 Å². The highest BCUT2D eigenvalue weighted by atomic mass is 79.9. The van der Waals surface area contributed by atoms with Crippen LogP contribution < -0.4 is 16.0 Å². The third-order valence-corrected chi connectivity index (χ3v) is 5.30. The summed E-state index contributed by atoms with van der Waals surface area (Å²) < 4.78 is -1.29. The molecule has 11 heteroatoms. The van der Waals surface area contributed by atoms with Gasteiger partial charge in [0.05, 0.1) is 16.3 Å². The van der Waals surface area contributed by atoms with Gasteiger partial charge in [-0.25, -0.2) is 0 Å². The Kier molecular flexibility index (Phi) is 8.31. The molecule has 0 heterocycles. The number of hydrogen-bond acceptors (Lipinski definition) is 2. The molecule has 0 fully saturated rings. The number of carbonyl (C=O) groups excluding carboxylic acids is 1. The zero-order valence-electron chi connectivity index (χ0n) is 13.2. The van der Waals surface area contributed by atoms with Crippen LogP contribution >= 0.6 is 86.2 Å². The number of anilines is 1.